The highest BCUT2D eigenvalue weighted by Crippen LogP contribution is 2.24. The van der Waals surface area contributed by atoms with Gasteiger partial charge in [0.2, 0.25) is 0 Å². The molecule has 1 aliphatic rings. The molecule has 0 saturated carbocycles. The Bertz CT molecular complexity index is 880. The molecule has 1 unspecified atom stereocenters. The van der Waals surface area contributed by atoms with Crippen molar-refractivity contribution in [1.82, 2.24) is 4.47 Å². The van der Waals surface area contributed by atoms with E-state index >= 15 is 0 Å². The molecule has 0 aromatic heterocycles. The molecule has 0 amide bonds. The summed E-state index contributed by atoms with van der Waals surface area (Å²) >= 11 is 3.37. The van der Waals surface area contributed by atoms with Gasteiger partial charge in [-0.1, -0.05) is 62.4 Å². The predicted octanol–water partition coefficient (Wildman–Crippen LogP) is 4.02. The minimum absolute atomic E-state index is 0.141. The molecule has 0 N–H and O–H groups in total. The van der Waals surface area contributed by atoms with Crippen molar-refractivity contribution in [2.24, 2.45) is 5.92 Å². The van der Waals surface area contributed by atoms with E-state index in [1.54, 1.807) is 30.3 Å². The molecule has 0 bridgehead atoms. The van der Waals surface area contributed by atoms with Crippen LogP contribution in [0.4, 0.5) is 0 Å². The molecule has 6 heteroatoms. The molecule has 1 atom stereocenters. The van der Waals surface area contributed by atoms with Crippen molar-refractivity contribution in [1.29, 1.82) is 0 Å². The molecule has 1 heterocycles. The second kappa shape index (κ2) is 7.19. The lowest BCUT2D eigenvalue weighted by atomic mass is 10.1. The zero-order valence-electron chi connectivity index (χ0n) is 14.1. The molecule has 0 radical (unpaired) electrons. The van der Waals surface area contributed by atoms with Crippen LogP contribution in [0.5, 0.6) is 0 Å². The molecular formula is C18H18BrNO3S. The van der Waals surface area contributed by atoms with Gasteiger partial charge >= 0.3 is 0 Å². The number of halogens is 1. The molecular weight excluding hydrogens is 390 g/mol. The van der Waals surface area contributed by atoms with Crippen LogP contribution in [0.3, 0.4) is 0 Å². The Kier molecular flexibility index (Phi) is 4.80. The second-order valence-electron chi connectivity index (χ2n) is 5.66. The number of hydrogen-bond donors (Lipinski definition) is 0. The number of hydroxylamine groups is 1. The van der Waals surface area contributed by atoms with E-state index in [-0.39, 0.29) is 24.0 Å². The first-order valence-corrected chi connectivity index (χ1v) is 9.75. The quantitative estimate of drug-likeness (QED) is 0.766. The Labute approximate surface area is 152 Å². The third-order valence-corrected chi connectivity index (χ3v) is 5.92. The van der Waals surface area contributed by atoms with Crippen LogP contribution >= 0.6 is 15.9 Å². The maximum absolute atomic E-state index is 12.6. The van der Waals surface area contributed by atoms with Gasteiger partial charge in [-0.15, -0.1) is 0 Å². The number of nitrogens with zero attached hydrogens (tertiary/aromatic N) is 1. The minimum Gasteiger partial charge on any atom is -0.283 e. The second-order valence-corrected chi connectivity index (χ2v) is 8.40. The summed E-state index contributed by atoms with van der Waals surface area (Å²) in [5.41, 5.74) is 1.89. The van der Waals surface area contributed by atoms with Crippen molar-refractivity contribution in [3.05, 3.63) is 70.2 Å². The summed E-state index contributed by atoms with van der Waals surface area (Å²) < 4.78 is 35.4. The van der Waals surface area contributed by atoms with Gasteiger partial charge in [0.25, 0.3) is 10.0 Å². The van der Waals surface area contributed by atoms with Gasteiger partial charge in [-0.3, -0.25) is 4.84 Å². The summed E-state index contributed by atoms with van der Waals surface area (Å²) in [5, 5.41) is 0. The number of aryl methyl sites for hydroxylation is 1. The maximum Gasteiger partial charge on any atom is 0.265 e. The topological polar surface area (TPSA) is 46.6 Å². The Hall–Kier alpha value is -1.47. The van der Waals surface area contributed by atoms with Crippen LogP contribution in [0.25, 0.3) is 6.08 Å². The summed E-state index contributed by atoms with van der Waals surface area (Å²) in [6, 6.07) is 14.6. The largest absolute Gasteiger partial charge is 0.283 e. The van der Waals surface area contributed by atoms with Crippen LogP contribution in [0.1, 0.15) is 12.5 Å². The third kappa shape index (κ3) is 3.95. The average Bonchev–Trinajstić information content (AvgIpc) is 3.08. The predicted molar refractivity (Wildman–Crippen MR) is 97.7 cm³/mol. The fourth-order valence-corrected chi connectivity index (χ4v) is 3.88. The fourth-order valence-electron chi connectivity index (χ4n) is 2.33. The molecule has 126 valence electrons. The lowest BCUT2D eigenvalue weighted by Gasteiger charge is -2.14. The molecule has 0 spiro atoms. The van der Waals surface area contributed by atoms with Gasteiger partial charge in [0.15, 0.2) is 0 Å². The molecule has 2 aromatic carbocycles. The smallest absolute Gasteiger partial charge is 0.265 e. The fraction of sp³-hybridized carbons (Fsp3) is 0.222. The SMILES string of the molecule is [2H]/C(=C\c1ccc(Br)cc1)C1CON(S(=O)(=O)c2ccc(C)cc2)C1. The van der Waals surface area contributed by atoms with Gasteiger partial charge in [0, 0.05) is 16.9 Å². The van der Waals surface area contributed by atoms with Crippen molar-refractivity contribution in [2.45, 2.75) is 11.8 Å². The van der Waals surface area contributed by atoms with E-state index < -0.39 is 10.0 Å². The molecule has 1 fully saturated rings. The molecule has 3 rings (SSSR count). The number of benzene rings is 2. The first kappa shape index (κ1) is 16.0. The van der Waals surface area contributed by atoms with E-state index in [4.69, 9.17) is 6.21 Å². The first-order valence-electron chi connectivity index (χ1n) is 8.02. The summed E-state index contributed by atoms with van der Waals surface area (Å²) in [4.78, 5) is 5.57. The van der Waals surface area contributed by atoms with Gasteiger partial charge in [0.1, 0.15) is 0 Å². The molecule has 24 heavy (non-hydrogen) atoms. The van der Waals surface area contributed by atoms with Crippen LogP contribution in [0.15, 0.2) is 64.0 Å². The maximum atomic E-state index is 12.6. The normalized spacial score (nSPS) is 20.2. The first-order chi connectivity index (χ1) is 11.9. The monoisotopic (exact) mass is 408 g/mol. The third-order valence-electron chi connectivity index (χ3n) is 3.73. The summed E-state index contributed by atoms with van der Waals surface area (Å²) in [6.07, 6.45) is 1.74. The molecule has 0 aliphatic carbocycles. The highest BCUT2D eigenvalue weighted by Gasteiger charge is 2.33. The highest BCUT2D eigenvalue weighted by molar-refractivity contribution is 9.10. The van der Waals surface area contributed by atoms with E-state index in [1.807, 2.05) is 31.2 Å². The van der Waals surface area contributed by atoms with Crippen molar-refractivity contribution >= 4 is 32.0 Å². The van der Waals surface area contributed by atoms with E-state index in [0.29, 0.717) is 6.05 Å². The van der Waals surface area contributed by atoms with Crippen LogP contribution in [0, 0.1) is 12.8 Å². The zero-order chi connectivity index (χ0) is 18.0. The zero-order valence-corrected chi connectivity index (χ0v) is 15.5. The lowest BCUT2D eigenvalue weighted by molar-refractivity contribution is -0.0291. The van der Waals surface area contributed by atoms with Crippen LogP contribution < -0.4 is 0 Å². The van der Waals surface area contributed by atoms with Crippen molar-refractivity contribution in [3.8, 4) is 0 Å². The molecule has 4 nitrogen and oxygen atoms in total. The van der Waals surface area contributed by atoms with Gasteiger partial charge in [-0.05, 0) is 36.8 Å². The van der Waals surface area contributed by atoms with Crippen LogP contribution in [-0.2, 0) is 14.9 Å². The minimum atomic E-state index is -3.71. The van der Waals surface area contributed by atoms with Gasteiger partial charge in [-0.25, -0.2) is 8.42 Å². The van der Waals surface area contributed by atoms with Crippen molar-refractivity contribution in [3.63, 3.8) is 0 Å². The van der Waals surface area contributed by atoms with Gasteiger partial charge < -0.3 is 0 Å². The van der Waals surface area contributed by atoms with Gasteiger partial charge in [0.05, 0.1) is 12.9 Å². The molecule has 1 aliphatic heterocycles. The Morgan fingerprint density at radius 3 is 2.54 bits per heavy atom. The van der Waals surface area contributed by atoms with E-state index in [2.05, 4.69) is 15.9 Å². The summed E-state index contributed by atoms with van der Waals surface area (Å²) in [7, 11) is -3.71. The Morgan fingerprint density at radius 1 is 1.21 bits per heavy atom. The molecule has 1 saturated heterocycles. The molecule has 2 aromatic rings. The van der Waals surface area contributed by atoms with E-state index in [1.165, 1.54) is 0 Å². The Morgan fingerprint density at radius 2 is 1.88 bits per heavy atom. The standard InChI is InChI=1S/C18H18BrNO3S/c1-14-2-10-18(11-3-14)24(21,22)20-12-16(13-23-20)5-4-15-6-8-17(19)9-7-15/h2-11,16H,12-13H2,1H3/b5-4+/i5D. The van der Waals surface area contributed by atoms with Crippen molar-refractivity contribution in [2.75, 3.05) is 13.2 Å². The number of rotatable bonds is 4. The van der Waals surface area contributed by atoms with Crippen LogP contribution in [0.2, 0.25) is 0 Å². The van der Waals surface area contributed by atoms with E-state index in [0.717, 1.165) is 20.1 Å². The van der Waals surface area contributed by atoms with E-state index in [9.17, 15) is 8.42 Å². The Balaban J connectivity index is 1.74. The van der Waals surface area contributed by atoms with Crippen LogP contribution in [-0.4, -0.2) is 26.0 Å². The lowest BCUT2D eigenvalue weighted by Crippen LogP contribution is -2.27. The summed E-state index contributed by atoms with van der Waals surface area (Å²) in [6.45, 7) is 2.22. The van der Waals surface area contributed by atoms with Gasteiger partial charge in [-0.2, -0.15) is 0 Å². The number of sulfonamides is 1. The number of hydrogen-bond acceptors (Lipinski definition) is 3. The summed E-state index contributed by atoms with van der Waals surface area (Å²) in [5.74, 6) is -0.288. The van der Waals surface area contributed by atoms with Crippen molar-refractivity contribution < 1.29 is 14.6 Å². The average molecular weight is 409 g/mol. The highest BCUT2D eigenvalue weighted by atomic mass is 79.9.